The van der Waals surface area contributed by atoms with Crippen molar-refractivity contribution in [3.8, 4) is 0 Å². The molecule has 0 fully saturated rings. The van der Waals surface area contributed by atoms with Crippen LogP contribution in [0.4, 0.5) is 5.69 Å². The number of nitrogens with zero attached hydrogens (tertiary/aromatic N) is 1. The van der Waals surface area contributed by atoms with Gasteiger partial charge in [0.1, 0.15) is 6.61 Å². The molecule has 0 bridgehead atoms. The van der Waals surface area contributed by atoms with E-state index in [4.69, 9.17) is 4.74 Å². The van der Waals surface area contributed by atoms with Gasteiger partial charge < -0.3 is 10.1 Å². The standard InChI is InChI=1S/C14H14N2O2/c17-14(16-13-7-4-8-15-9-13)11-18-10-12-5-2-1-3-6-12/h1-9H,10-11H2,(H,16,17). The summed E-state index contributed by atoms with van der Waals surface area (Å²) in [6.07, 6.45) is 3.25. The number of amides is 1. The Balaban J connectivity index is 1.73. The molecule has 0 spiro atoms. The summed E-state index contributed by atoms with van der Waals surface area (Å²) < 4.78 is 5.32. The van der Waals surface area contributed by atoms with E-state index in [9.17, 15) is 4.79 Å². The number of nitrogens with one attached hydrogen (secondary N) is 1. The minimum Gasteiger partial charge on any atom is -0.367 e. The van der Waals surface area contributed by atoms with Crippen molar-refractivity contribution in [3.05, 3.63) is 60.4 Å². The fourth-order valence-corrected chi connectivity index (χ4v) is 1.47. The predicted octanol–water partition coefficient (Wildman–Crippen LogP) is 2.24. The van der Waals surface area contributed by atoms with Crippen molar-refractivity contribution in [2.24, 2.45) is 0 Å². The van der Waals surface area contributed by atoms with Gasteiger partial charge in [-0.05, 0) is 17.7 Å². The van der Waals surface area contributed by atoms with Crippen molar-refractivity contribution >= 4 is 11.6 Å². The van der Waals surface area contributed by atoms with Gasteiger partial charge in [-0.15, -0.1) is 0 Å². The van der Waals surface area contributed by atoms with Crippen LogP contribution in [-0.4, -0.2) is 17.5 Å². The third kappa shape index (κ3) is 3.99. The summed E-state index contributed by atoms with van der Waals surface area (Å²) in [6.45, 7) is 0.463. The van der Waals surface area contributed by atoms with Crippen molar-refractivity contribution in [1.29, 1.82) is 0 Å². The zero-order valence-corrected chi connectivity index (χ0v) is 9.87. The number of anilines is 1. The molecule has 0 aliphatic carbocycles. The second-order valence-corrected chi connectivity index (χ2v) is 3.77. The number of aromatic nitrogens is 1. The molecule has 1 amide bonds. The van der Waals surface area contributed by atoms with Crippen LogP contribution in [0.25, 0.3) is 0 Å². The molecule has 0 aliphatic rings. The molecule has 4 heteroatoms. The smallest absolute Gasteiger partial charge is 0.250 e. The van der Waals surface area contributed by atoms with E-state index in [2.05, 4.69) is 10.3 Å². The highest BCUT2D eigenvalue weighted by molar-refractivity contribution is 5.91. The van der Waals surface area contributed by atoms with E-state index < -0.39 is 0 Å². The van der Waals surface area contributed by atoms with E-state index in [1.807, 2.05) is 30.3 Å². The van der Waals surface area contributed by atoms with E-state index >= 15 is 0 Å². The van der Waals surface area contributed by atoms with Gasteiger partial charge in [-0.25, -0.2) is 0 Å². The van der Waals surface area contributed by atoms with Crippen LogP contribution in [-0.2, 0) is 16.1 Å². The van der Waals surface area contributed by atoms with E-state index in [1.54, 1.807) is 24.5 Å². The highest BCUT2D eigenvalue weighted by atomic mass is 16.5. The third-order valence-corrected chi connectivity index (χ3v) is 2.29. The fraction of sp³-hybridized carbons (Fsp3) is 0.143. The van der Waals surface area contributed by atoms with Crippen LogP contribution in [0, 0.1) is 0 Å². The lowest BCUT2D eigenvalue weighted by molar-refractivity contribution is -0.121. The first kappa shape index (κ1) is 12.3. The molecule has 18 heavy (non-hydrogen) atoms. The van der Waals surface area contributed by atoms with Gasteiger partial charge in [-0.1, -0.05) is 30.3 Å². The number of carbonyl (C=O) groups excluding carboxylic acids is 1. The summed E-state index contributed by atoms with van der Waals surface area (Å²) in [5, 5.41) is 2.70. The lowest BCUT2D eigenvalue weighted by Crippen LogP contribution is -2.18. The highest BCUT2D eigenvalue weighted by Crippen LogP contribution is 2.03. The summed E-state index contributed by atoms with van der Waals surface area (Å²) in [7, 11) is 0. The number of ether oxygens (including phenoxy) is 1. The summed E-state index contributed by atoms with van der Waals surface area (Å²) in [6, 6.07) is 13.3. The molecule has 0 aliphatic heterocycles. The molecular formula is C14H14N2O2. The Morgan fingerprint density at radius 1 is 1.17 bits per heavy atom. The van der Waals surface area contributed by atoms with Gasteiger partial charge in [0.25, 0.3) is 0 Å². The van der Waals surface area contributed by atoms with Crippen molar-refractivity contribution in [2.75, 3.05) is 11.9 Å². The largest absolute Gasteiger partial charge is 0.367 e. The zero-order valence-electron chi connectivity index (χ0n) is 9.87. The predicted molar refractivity (Wildman–Crippen MR) is 69.0 cm³/mol. The minimum atomic E-state index is -0.182. The zero-order chi connectivity index (χ0) is 12.6. The van der Waals surface area contributed by atoms with Crippen molar-refractivity contribution in [3.63, 3.8) is 0 Å². The van der Waals surface area contributed by atoms with Crippen LogP contribution < -0.4 is 5.32 Å². The van der Waals surface area contributed by atoms with Gasteiger partial charge >= 0.3 is 0 Å². The monoisotopic (exact) mass is 242 g/mol. The first-order chi connectivity index (χ1) is 8.84. The van der Waals surface area contributed by atoms with Crippen LogP contribution in [0.3, 0.4) is 0 Å². The topological polar surface area (TPSA) is 51.2 Å². The van der Waals surface area contributed by atoms with Gasteiger partial charge in [0.15, 0.2) is 0 Å². The molecular weight excluding hydrogens is 228 g/mol. The first-order valence-corrected chi connectivity index (χ1v) is 5.66. The molecule has 4 nitrogen and oxygen atoms in total. The lowest BCUT2D eigenvalue weighted by atomic mass is 10.2. The lowest BCUT2D eigenvalue weighted by Gasteiger charge is -2.05. The number of hydrogen-bond acceptors (Lipinski definition) is 3. The van der Waals surface area contributed by atoms with Crippen LogP contribution >= 0.6 is 0 Å². The Hall–Kier alpha value is -2.20. The number of hydrogen-bond donors (Lipinski definition) is 1. The van der Waals surface area contributed by atoms with Crippen LogP contribution in [0.5, 0.6) is 0 Å². The average molecular weight is 242 g/mol. The highest BCUT2D eigenvalue weighted by Gasteiger charge is 2.02. The van der Waals surface area contributed by atoms with E-state index in [0.717, 1.165) is 5.56 Å². The molecule has 2 aromatic rings. The van der Waals surface area contributed by atoms with Gasteiger partial charge in [0.05, 0.1) is 18.5 Å². The second kappa shape index (κ2) is 6.51. The Bertz CT molecular complexity index is 486. The van der Waals surface area contributed by atoms with Gasteiger partial charge in [-0.2, -0.15) is 0 Å². The SMILES string of the molecule is O=C(COCc1ccccc1)Nc1cccnc1. The van der Waals surface area contributed by atoms with Crippen LogP contribution in [0.1, 0.15) is 5.56 Å². The van der Waals surface area contributed by atoms with E-state index in [0.29, 0.717) is 12.3 Å². The van der Waals surface area contributed by atoms with Crippen molar-refractivity contribution in [1.82, 2.24) is 4.98 Å². The molecule has 0 unspecified atom stereocenters. The van der Waals surface area contributed by atoms with Gasteiger partial charge in [-0.3, -0.25) is 9.78 Å². The molecule has 1 aromatic heterocycles. The molecule has 0 radical (unpaired) electrons. The molecule has 1 aromatic carbocycles. The maximum absolute atomic E-state index is 11.5. The maximum atomic E-state index is 11.5. The summed E-state index contributed by atoms with van der Waals surface area (Å²) in [5.41, 5.74) is 1.72. The first-order valence-electron chi connectivity index (χ1n) is 5.66. The average Bonchev–Trinajstić information content (AvgIpc) is 2.41. The molecule has 92 valence electrons. The molecule has 1 N–H and O–H groups in total. The Morgan fingerprint density at radius 2 is 2.00 bits per heavy atom. The Labute approximate surface area is 106 Å². The molecule has 2 rings (SSSR count). The second-order valence-electron chi connectivity index (χ2n) is 3.77. The number of pyridine rings is 1. The van der Waals surface area contributed by atoms with Crippen molar-refractivity contribution < 1.29 is 9.53 Å². The van der Waals surface area contributed by atoms with Crippen LogP contribution in [0.15, 0.2) is 54.9 Å². The van der Waals surface area contributed by atoms with Crippen molar-refractivity contribution in [2.45, 2.75) is 6.61 Å². The summed E-state index contributed by atoms with van der Waals surface area (Å²) in [4.78, 5) is 15.4. The Morgan fingerprint density at radius 3 is 2.72 bits per heavy atom. The summed E-state index contributed by atoms with van der Waals surface area (Å²) in [5.74, 6) is -0.182. The van der Waals surface area contributed by atoms with E-state index in [1.165, 1.54) is 0 Å². The van der Waals surface area contributed by atoms with Gasteiger partial charge in [0, 0.05) is 6.20 Å². The Kier molecular flexibility index (Phi) is 4.44. The van der Waals surface area contributed by atoms with Gasteiger partial charge in [0.2, 0.25) is 5.91 Å². The number of rotatable bonds is 5. The number of benzene rings is 1. The molecule has 0 saturated heterocycles. The maximum Gasteiger partial charge on any atom is 0.250 e. The molecule has 1 heterocycles. The minimum absolute atomic E-state index is 0.0315. The normalized spacial score (nSPS) is 10.0. The molecule has 0 atom stereocenters. The van der Waals surface area contributed by atoms with Crippen LogP contribution in [0.2, 0.25) is 0 Å². The third-order valence-electron chi connectivity index (χ3n) is 2.29. The summed E-state index contributed by atoms with van der Waals surface area (Å²) >= 11 is 0. The molecule has 0 saturated carbocycles. The quantitative estimate of drug-likeness (QED) is 0.874. The fourth-order valence-electron chi connectivity index (χ4n) is 1.47. The van der Waals surface area contributed by atoms with E-state index in [-0.39, 0.29) is 12.5 Å². The number of carbonyl (C=O) groups is 1.